The van der Waals surface area contributed by atoms with Crippen molar-refractivity contribution in [3.05, 3.63) is 43.0 Å². The minimum Gasteiger partial charge on any atom is -0.399 e. The summed E-state index contributed by atoms with van der Waals surface area (Å²) in [7, 11) is 0. The summed E-state index contributed by atoms with van der Waals surface area (Å²) in [5.41, 5.74) is 7.51. The lowest BCUT2D eigenvalue weighted by molar-refractivity contribution is 1.09. The van der Waals surface area contributed by atoms with Gasteiger partial charge in [-0.3, -0.25) is 0 Å². The van der Waals surface area contributed by atoms with Crippen LogP contribution in [-0.2, 0) is 0 Å². The SMILES string of the molecule is C=C.CCC.Cc1ccc(N)cc1. The molecule has 0 saturated heterocycles. The van der Waals surface area contributed by atoms with Crippen molar-refractivity contribution in [3.8, 4) is 0 Å². The summed E-state index contributed by atoms with van der Waals surface area (Å²) in [5.74, 6) is 0. The van der Waals surface area contributed by atoms with E-state index in [1.807, 2.05) is 31.2 Å². The van der Waals surface area contributed by atoms with Gasteiger partial charge in [0.2, 0.25) is 0 Å². The fourth-order valence-electron chi connectivity index (χ4n) is 0.566. The van der Waals surface area contributed by atoms with Crippen molar-refractivity contribution >= 4 is 5.69 Å². The van der Waals surface area contributed by atoms with Crippen LogP contribution in [0.4, 0.5) is 5.69 Å². The number of hydrogen-bond donors (Lipinski definition) is 1. The Balaban J connectivity index is 0. The lowest BCUT2D eigenvalue weighted by Gasteiger charge is -1.90. The number of anilines is 1. The van der Waals surface area contributed by atoms with Crippen LogP contribution >= 0.6 is 0 Å². The molecule has 1 aromatic rings. The van der Waals surface area contributed by atoms with Crippen LogP contribution in [0.1, 0.15) is 25.8 Å². The highest BCUT2D eigenvalue weighted by atomic mass is 14.5. The number of rotatable bonds is 0. The van der Waals surface area contributed by atoms with E-state index in [4.69, 9.17) is 5.73 Å². The summed E-state index contributed by atoms with van der Waals surface area (Å²) in [4.78, 5) is 0. The van der Waals surface area contributed by atoms with E-state index in [0.29, 0.717) is 0 Å². The molecule has 0 aliphatic carbocycles. The summed E-state index contributed by atoms with van der Waals surface area (Å²) in [6.45, 7) is 12.3. The zero-order chi connectivity index (χ0) is 10.7. The molecule has 0 radical (unpaired) electrons. The molecule has 1 rings (SSSR count). The smallest absolute Gasteiger partial charge is 0.0314 e. The first-order valence-corrected chi connectivity index (χ1v) is 4.52. The van der Waals surface area contributed by atoms with Crippen molar-refractivity contribution in [2.75, 3.05) is 5.73 Å². The van der Waals surface area contributed by atoms with E-state index in [1.54, 1.807) is 0 Å². The maximum absolute atomic E-state index is 5.43. The first kappa shape index (κ1) is 14.3. The van der Waals surface area contributed by atoms with Crippen molar-refractivity contribution in [2.45, 2.75) is 27.2 Å². The highest BCUT2D eigenvalue weighted by Gasteiger charge is 1.80. The maximum atomic E-state index is 5.43. The molecular formula is C12H21N. The third-order valence-electron chi connectivity index (χ3n) is 1.08. The van der Waals surface area contributed by atoms with Gasteiger partial charge in [-0.15, -0.1) is 13.2 Å². The van der Waals surface area contributed by atoms with Crippen molar-refractivity contribution in [1.82, 2.24) is 0 Å². The zero-order valence-corrected chi connectivity index (χ0v) is 9.01. The van der Waals surface area contributed by atoms with E-state index in [9.17, 15) is 0 Å². The zero-order valence-electron chi connectivity index (χ0n) is 9.01. The van der Waals surface area contributed by atoms with Gasteiger partial charge in [0, 0.05) is 5.69 Å². The average molecular weight is 179 g/mol. The first-order valence-electron chi connectivity index (χ1n) is 4.52. The van der Waals surface area contributed by atoms with Crippen molar-refractivity contribution < 1.29 is 0 Å². The predicted molar refractivity (Wildman–Crippen MR) is 62.8 cm³/mol. The van der Waals surface area contributed by atoms with Gasteiger partial charge in [-0.05, 0) is 19.1 Å². The molecule has 1 aromatic carbocycles. The third-order valence-corrected chi connectivity index (χ3v) is 1.08. The highest BCUT2D eigenvalue weighted by molar-refractivity contribution is 5.38. The van der Waals surface area contributed by atoms with Crippen LogP contribution in [0, 0.1) is 6.92 Å². The van der Waals surface area contributed by atoms with Crippen LogP contribution < -0.4 is 5.73 Å². The van der Waals surface area contributed by atoms with Crippen molar-refractivity contribution in [1.29, 1.82) is 0 Å². The standard InChI is InChI=1S/C7H9N.C3H8.C2H4/c1-6-2-4-7(8)5-3-6;1-3-2;1-2/h2-5H,8H2,1H3;3H2,1-2H3;1-2H2. The van der Waals surface area contributed by atoms with Gasteiger partial charge in [0.15, 0.2) is 0 Å². The maximum Gasteiger partial charge on any atom is 0.0314 e. The Bertz CT molecular complexity index is 168. The lowest BCUT2D eigenvalue weighted by atomic mass is 10.2. The summed E-state index contributed by atoms with van der Waals surface area (Å²) in [6.07, 6.45) is 1.25. The molecular weight excluding hydrogens is 158 g/mol. The molecule has 13 heavy (non-hydrogen) atoms. The van der Waals surface area contributed by atoms with E-state index >= 15 is 0 Å². The Morgan fingerprint density at radius 2 is 1.38 bits per heavy atom. The van der Waals surface area contributed by atoms with Gasteiger partial charge in [0.25, 0.3) is 0 Å². The van der Waals surface area contributed by atoms with Crippen LogP contribution in [0.3, 0.4) is 0 Å². The van der Waals surface area contributed by atoms with Crippen molar-refractivity contribution in [2.24, 2.45) is 0 Å². The molecule has 0 aromatic heterocycles. The molecule has 0 saturated carbocycles. The molecule has 0 aliphatic rings. The molecule has 0 heterocycles. The molecule has 0 amide bonds. The van der Waals surface area contributed by atoms with E-state index < -0.39 is 0 Å². The molecule has 0 unspecified atom stereocenters. The van der Waals surface area contributed by atoms with Gasteiger partial charge in [-0.25, -0.2) is 0 Å². The van der Waals surface area contributed by atoms with Crippen molar-refractivity contribution in [3.63, 3.8) is 0 Å². The second kappa shape index (κ2) is 10.8. The molecule has 0 aliphatic heterocycles. The third kappa shape index (κ3) is 10.8. The first-order chi connectivity index (χ1) is 6.20. The van der Waals surface area contributed by atoms with Crippen LogP contribution in [0.15, 0.2) is 37.4 Å². The summed E-state index contributed by atoms with van der Waals surface area (Å²) in [5, 5.41) is 0. The molecule has 2 N–H and O–H groups in total. The van der Waals surface area contributed by atoms with Gasteiger partial charge in [-0.1, -0.05) is 38.0 Å². The Labute approximate surface area is 82.3 Å². The number of nitrogens with two attached hydrogens (primary N) is 1. The number of hydrogen-bond acceptors (Lipinski definition) is 1. The largest absolute Gasteiger partial charge is 0.399 e. The van der Waals surface area contributed by atoms with Gasteiger partial charge < -0.3 is 5.73 Å². The van der Waals surface area contributed by atoms with Crippen LogP contribution in [-0.4, -0.2) is 0 Å². The number of benzene rings is 1. The normalized spacial score (nSPS) is 7.31. The van der Waals surface area contributed by atoms with Gasteiger partial charge in [0.1, 0.15) is 0 Å². The second-order valence-electron chi connectivity index (χ2n) is 2.62. The Morgan fingerprint density at radius 3 is 1.62 bits per heavy atom. The molecule has 74 valence electrons. The van der Waals surface area contributed by atoms with Crippen LogP contribution in [0.2, 0.25) is 0 Å². The second-order valence-corrected chi connectivity index (χ2v) is 2.62. The number of aryl methyl sites for hydroxylation is 1. The Morgan fingerprint density at radius 1 is 1.08 bits per heavy atom. The van der Waals surface area contributed by atoms with Gasteiger partial charge in [0.05, 0.1) is 0 Å². The Kier molecular flexibility index (Phi) is 11.8. The molecule has 0 fully saturated rings. The summed E-state index contributed by atoms with van der Waals surface area (Å²) in [6, 6.07) is 7.79. The monoisotopic (exact) mass is 179 g/mol. The van der Waals surface area contributed by atoms with Gasteiger partial charge >= 0.3 is 0 Å². The van der Waals surface area contributed by atoms with Crippen LogP contribution in [0.5, 0.6) is 0 Å². The predicted octanol–water partition coefficient (Wildman–Crippen LogP) is 3.80. The number of nitrogen functional groups attached to an aromatic ring is 1. The lowest BCUT2D eigenvalue weighted by Crippen LogP contribution is -1.81. The molecule has 1 nitrogen and oxygen atoms in total. The minimum atomic E-state index is 0.829. The molecule has 0 bridgehead atoms. The molecule has 1 heteroatoms. The fraction of sp³-hybridized carbons (Fsp3) is 0.333. The topological polar surface area (TPSA) is 26.0 Å². The minimum absolute atomic E-state index is 0.829. The Hall–Kier alpha value is -1.24. The summed E-state index contributed by atoms with van der Waals surface area (Å²) < 4.78 is 0. The van der Waals surface area contributed by atoms with Gasteiger partial charge in [-0.2, -0.15) is 0 Å². The average Bonchev–Trinajstić information content (AvgIpc) is 2.15. The van der Waals surface area contributed by atoms with Crippen LogP contribution in [0.25, 0.3) is 0 Å². The molecule has 0 spiro atoms. The van der Waals surface area contributed by atoms with E-state index in [2.05, 4.69) is 27.0 Å². The van der Waals surface area contributed by atoms with E-state index in [1.165, 1.54) is 12.0 Å². The molecule has 0 atom stereocenters. The summed E-state index contributed by atoms with van der Waals surface area (Å²) >= 11 is 0. The highest BCUT2D eigenvalue weighted by Crippen LogP contribution is 2.02. The van der Waals surface area contributed by atoms with E-state index in [0.717, 1.165) is 5.69 Å². The quantitative estimate of drug-likeness (QED) is 0.476. The fourth-order valence-corrected chi connectivity index (χ4v) is 0.566. The van der Waals surface area contributed by atoms with E-state index in [-0.39, 0.29) is 0 Å².